The van der Waals surface area contributed by atoms with E-state index in [1.54, 1.807) is 6.07 Å². The Morgan fingerprint density at radius 3 is 2.50 bits per heavy atom. The molecule has 0 aliphatic carbocycles. The van der Waals surface area contributed by atoms with Crippen LogP contribution < -0.4 is 4.90 Å². The van der Waals surface area contributed by atoms with E-state index in [1.165, 1.54) is 5.56 Å². The second-order valence-corrected chi connectivity index (χ2v) is 7.69. The number of amides is 1. The summed E-state index contributed by atoms with van der Waals surface area (Å²) in [7, 11) is 2.11. The van der Waals surface area contributed by atoms with Crippen molar-refractivity contribution in [3.63, 3.8) is 0 Å². The molecule has 2 aromatic rings. The van der Waals surface area contributed by atoms with Gasteiger partial charge in [-0.1, -0.05) is 42.5 Å². The van der Waals surface area contributed by atoms with Crippen LogP contribution in [0.4, 0.5) is 11.4 Å². The maximum Gasteiger partial charge on any atom is 0.256 e. The molecule has 2 saturated heterocycles. The summed E-state index contributed by atoms with van der Waals surface area (Å²) in [5.41, 5.74) is 3.40. The minimum Gasteiger partial charge on any atom is -0.372 e. The molecular formula is C23H26N4O. The third-order valence-corrected chi connectivity index (χ3v) is 5.82. The van der Waals surface area contributed by atoms with Crippen molar-refractivity contribution in [2.45, 2.75) is 18.9 Å². The molecule has 0 aromatic heterocycles. The SMILES string of the molecule is [C-]#[N+]c1ccc(C(=O)N2CCN(C)CC2c2ccccc2)c(N2CCCC2)c1. The lowest BCUT2D eigenvalue weighted by atomic mass is 10.0. The molecule has 0 spiro atoms. The Morgan fingerprint density at radius 2 is 1.79 bits per heavy atom. The number of piperazine rings is 1. The zero-order chi connectivity index (χ0) is 19.5. The molecule has 0 radical (unpaired) electrons. The summed E-state index contributed by atoms with van der Waals surface area (Å²) in [4.78, 5) is 23.8. The van der Waals surface area contributed by atoms with Gasteiger partial charge in [0.05, 0.1) is 18.2 Å². The predicted octanol–water partition coefficient (Wildman–Crippen LogP) is 3.97. The second-order valence-electron chi connectivity index (χ2n) is 7.69. The average Bonchev–Trinajstić information content (AvgIpc) is 3.28. The smallest absolute Gasteiger partial charge is 0.256 e. The lowest BCUT2D eigenvalue weighted by Gasteiger charge is -2.41. The van der Waals surface area contributed by atoms with Gasteiger partial charge in [0.2, 0.25) is 0 Å². The quantitative estimate of drug-likeness (QED) is 0.762. The lowest BCUT2D eigenvalue weighted by Crippen LogP contribution is -2.49. The van der Waals surface area contributed by atoms with Gasteiger partial charge in [-0.3, -0.25) is 4.79 Å². The number of benzene rings is 2. The molecule has 0 N–H and O–H groups in total. The van der Waals surface area contributed by atoms with E-state index in [9.17, 15) is 4.79 Å². The first-order valence-corrected chi connectivity index (χ1v) is 9.98. The van der Waals surface area contributed by atoms with Crippen LogP contribution in [0.25, 0.3) is 4.85 Å². The molecule has 28 heavy (non-hydrogen) atoms. The first kappa shape index (κ1) is 18.5. The molecule has 5 nitrogen and oxygen atoms in total. The molecule has 0 saturated carbocycles. The standard InChI is InChI=1S/C23H26N4O/c1-24-19-10-11-20(21(16-19)26-12-6-7-13-26)23(28)27-15-14-25(2)17-22(27)18-8-4-3-5-9-18/h3-5,8-11,16,22H,6-7,12-15,17H2,2H3. The van der Waals surface area contributed by atoms with Crippen LogP contribution in [0.3, 0.4) is 0 Å². The minimum atomic E-state index is 0.0411. The molecule has 4 rings (SSSR count). The topological polar surface area (TPSA) is 31.2 Å². The summed E-state index contributed by atoms with van der Waals surface area (Å²) >= 11 is 0. The van der Waals surface area contributed by atoms with Crippen LogP contribution >= 0.6 is 0 Å². The van der Waals surface area contributed by atoms with Gasteiger partial charge >= 0.3 is 0 Å². The van der Waals surface area contributed by atoms with Gasteiger partial charge in [0, 0.05) is 38.4 Å². The maximum atomic E-state index is 13.7. The van der Waals surface area contributed by atoms with Crippen molar-refractivity contribution in [1.82, 2.24) is 9.80 Å². The summed E-state index contributed by atoms with van der Waals surface area (Å²) in [6.07, 6.45) is 2.27. The van der Waals surface area contributed by atoms with E-state index >= 15 is 0 Å². The zero-order valence-corrected chi connectivity index (χ0v) is 16.3. The van der Waals surface area contributed by atoms with Crippen LogP contribution in [0, 0.1) is 6.57 Å². The Bertz CT molecular complexity index is 883. The third kappa shape index (κ3) is 3.61. The molecule has 5 heteroatoms. The van der Waals surface area contributed by atoms with Crippen molar-refractivity contribution in [3.8, 4) is 0 Å². The number of likely N-dealkylation sites (N-methyl/N-ethyl adjacent to an activating group) is 1. The minimum absolute atomic E-state index is 0.0411. The Kier molecular flexibility index (Phi) is 5.31. The molecule has 2 aliphatic rings. The van der Waals surface area contributed by atoms with Crippen molar-refractivity contribution in [1.29, 1.82) is 0 Å². The summed E-state index contributed by atoms with van der Waals surface area (Å²) in [5.74, 6) is 0.0698. The highest BCUT2D eigenvalue weighted by molar-refractivity contribution is 6.01. The Balaban J connectivity index is 1.70. The van der Waals surface area contributed by atoms with Crippen LogP contribution in [0.1, 0.15) is 34.8 Å². The van der Waals surface area contributed by atoms with Crippen LogP contribution in [0.5, 0.6) is 0 Å². The van der Waals surface area contributed by atoms with Crippen molar-refractivity contribution in [3.05, 3.63) is 71.1 Å². The van der Waals surface area contributed by atoms with Gasteiger partial charge in [0.15, 0.2) is 5.69 Å². The fraction of sp³-hybridized carbons (Fsp3) is 0.391. The fourth-order valence-corrected chi connectivity index (χ4v) is 4.27. The highest BCUT2D eigenvalue weighted by Gasteiger charge is 2.32. The number of hydrogen-bond acceptors (Lipinski definition) is 3. The van der Waals surface area contributed by atoms with Crippen molar-refractivity contribution in [2.75, 3.05) is 44.7 Å². The predicted molar refractivity (Wildman–Crippen MR) is 112 cm³/mol. The first-order valence-electron chi connectivity index (χ1n) is 9.98. The number of carbonyl (C=O) groups is 1. The molecule has 2 heterocycles. The third-order valence-electron chi connectivity index (χ3n) is 5.82. The zero-order valence-electron chi connectivity index (χ0n) is 16.3. The highest BCUT2D eigenvalue weighted by Crippen LogP contribution is 2.33. The summed E-state index contributed by atoms with van der Waals surface area (Å²) < 4.78 is 0. The van der Waals surface area contributed by atoms with E-state index in [4.69, 9.17) is 6.57 Å². The molecule has 2 aliphatic heterocycles. The van der Waals surface area contributed by atoms with Gasteiger partial charge in [0.1, 0.15) is 0 Å². The van der Waals surface area contributed by atoms with E-state index in [0.29, 0.717) is 12.2 Å². The first-order chi connectivity index (χ1) is 13.7. The lowest BCUT2D eigenvalue weighted by molar-refractivity contribution is 0.0498. The van der Waals surface area contributed by atoms with E-state index in [0.717, 1.165) is 50.3 Å². The summed E-state index contributed by atoms with van der Waals surface area (Å²) in [5, 5.41) is 0. The molecular weight excluding hydrogens is 348 g/mol. The van der Waals surface area contributed by atoms with Gasteiger partial charge < -0.3 is 14.7 Å². The van der Waals surface area contributed by atoms with Crippen LogP contribution in [0.15, 0.2) is 48.5 Å². The monoisotopic (exact) mass is 374 g/mol. The van der Waals surface area contributed by atoms with Gasteiger partial charge in [-0.25, -0.2) is 4.85 Å². The van der Waals surface area contributed by atoms with E-state index in [2.05, 4.69) is 33.8 Å². The van der Waals surface area contributed by atoms with Gasteiger partial charge in [-0.2, -0.15) is 0 Å². The normalized spacial score (nSPS) is 20.2. The number of carbonyl (C=O) groups excluding carboxylic acids is 1. The Hall–Kier alpha value is -2.84. The van der Waals surface area contributed by atoms with Crippen molar-refractivity contribution < 1.29 is 4.79 Å². The number of anilines is 1. The average molecular weight is 374 g/mol. The molecule has 1 atom stereocenters. The highest BCUT2D eigenvalue weighted by atomic mass is 16.2. The van der Waals surface area contributed by atoms with E-state index in [1.807, 2.05) is 35.2 Å². The van der Waals surface area contributed by atoms with Crippen molar-refractivity contribution >= 4 is 17.3 Å². The van der Waals surface area contributed by atoms with Crippen LogP contribution in [-0.4, -0.2) is 55.5 Å². The maximum absolute atomic E-state index is 13.7. The Morgan fingerprint density at radius 1 is 1.04 bits per heavy atom. The van der Waals surface area contributed by atoms with Crippen molar-refractivity contribution in [2.24, 2.45) is 0 Å². The molecule has 0 bridgehead atoms. The van der Waals surface area contributed by atoms with Gasteiger partial charge in [0.25, 0.3) is 5.91 Å². The Labute approximate surface area is 167 Å². The van der Waals surface area contributed by atoms with E-state index in [-0.39, 0.29) is 11.9 Å². The largest absolute Gasteiger partial charge is 0.372 e. The van der Waals surface area contributed by atoms with Gasteiger partial charge in [-0.05, 0) is 31.5 Å². The van der Waals surface area contributed by atoms with Gasteiger partial charge in [-0.15, -0.1) is 0 Å². The molecule has 144 valence electrons. The number of hydrogen-bond donors (Lipinski definition) is 0. The molecule has 1 unspecified atom stereocenters. The van der Waals surface area contributed by atoms with Crippen LogP contribution in [-0.2, 0) is 0 Å². The summed E-state index contributed by atoms with van der Waals surface area (Å²) in [6, 6.07) is 15.8. The molecule has 2 fully saturated rings. The number of nitrogens with zero attached hydrogens (tertiary/aromatic N) is 4. The molecule has 1 amide bonds. The molecule has 2 aromatic carbocycles. The fourth-order valence-electron chi connectivity index (χ4n) is 4.27. The second kappa shape index (κ2) is 8.04. The summed E-state index contributed by atoms with van der Waals surface area (Å²) in [6.45, 7) is 11.7. The number of rotatable bonds is 3. The van der Waals surface area contributed by atoms with Crippen LogP contribution in [0.2, 0.25) is 0 Å². The van der Waals surface area contributed by atoms with E-state index < -0.39 is 0 Å².